The number of imidazole rings is 1. The lowest BCUT2D eigenvalue weighted by atomic mass is 10.1. The molecular weight excluding hydrogens is 306 g/mol. The summed E-state index contributed by atoms with van der Waals surface area (Å²) >= 11 is 0. The van der Waals surface area contributed by atoms with E-state index in [0.717, 1.165) is 12.4 Å². The zero-order valence-corrected chi connectivity index (χ0v) is 13.7. The summed E-state index contributed by atoms with van der Waals surface area (Å²) in [7, 11) is 1.93. The van der Waals surface area contributed by atoms with E-state index in [9.17, 15) is 4.79 Å². The van der Waals surface area contributed by atoms with Crippen molar-refractivity contribution in [3.63, 3.8) is 0 Å². The molecule has 2 aromatic heterocycles. The maximum absolute atomic E-state index is 12.8. The van der Waals surface area contributed by atoms with Gasteiger partial charge in [0.1, 0.15) is 11.9 Å². The Balaban J connectivity index is 0.00000176. The summed E-state index contributed by atoms with van der Waals surface area (Å²) < 4.78 is 7.42. The molecule has 1 saturated heterocycles. The number of rotatable bonds is 2. The van der Waals surface area contributed by atoms with E-state index >= 15 is 0 Å². The summed E-state index contributed by atoms with van der Waals surface area (Å²) in [5.41, 5.74) is 0.634. The molecule has 0 bridgehead atoms. The van der Waals surface area contributed by atoms with Gasteiger partial charge in [0.2, 0.25) is 5.76 Å². The molecule has 8 heteroatoms. The van der Waals surface area contributed by atoms with Gasteiger partial charge in [-0.1, -0.05) is 0 Å². The van der Waals surface area contributed by atoms with E-state index in [0.29, 0.717) is 30.4 Å². The standard InChI is InChI=1S/C14H19N5O2.ClH/c1-9-12(21-10(2)17-9)14(20)19-7-4-15-8-11(19)13-16-5-6-18(13)3;/h5-6,11,15H,4,7-8H2,1-3H3;1H. The van der Waals surface area contributed by atoms with Crippen LogP contribution in [0.4, 0.5) is 0 Å². The molecule has 1 amide bonds. The van der Waals surface area contributed by atoms with E-state index in [2.05, 4.69) is 15.3 Å². The van der Waals surface area contributed by atoms with Crippen LogP contribution in [0.1, 0.15) is 34.0 Å². The van der Waals surface area contributed by atoms with Gasteiger partial charge in [-0.15, -0.1) is 12.4 Å². The van der Waals surface area contributed by atoms with E-state index in [1.54, 1.807) is 20.0 Å². The number of halogens is 1. The minimum atomic E-state index is -0.123. The number of carbonyl (C=O) groups excluding carboxylic acids is 1. The lowest BCUT2D eigenvalue weighted by Gasteiger charge is -2.35. The lowest BCUT2D eigenvalue weighted by molar-refractivity contribution is 0.0586. The smallest absolute Gasteiger partial charge is 0.292 e. The molecule has 22 heavy (non-hydrogen) atoms. The van der Waals surface area contributed by atoms with Gasteiger partial charge >= 0.3 is 0 Å². The molecule has 2 aromatic rings. The Bertz CT molecular complexity index is 666. The first-order valence-corrected chi connectivity index (χ1v) is 7.01. The van der Waals surface area contributed by atoms with Gasteiger partial charge in [-0.2, -0.15) is 0 Å². The van der Waals surface area contributed by atoms with Gasteiger partial charge in [0.25, 0.3) is 5.91 Å². The van der Waals surface area contributed by atoms with Crippen LogP contribution in [0.15, 0.2) is 16.8 Å². The zero-order chi connectivity index (χ0) is 15.0. The van der Waals surface area contributed by atoms with Gasteiger partial charge < -0.3 is 19.2 Å². The average molecular weight is 326 g/mol. The molecule has 3 rings (SSSR count). The number of nitrogens with zero attached hydrogens (tertiary/aromatic N) is 4. The number of nitrogens with one attached hydrogen (secondary N) is 1. The van der Waals surface area contributed by atoms with Crippen molar-refractivity contribution in [3.8, 4) is 0 Å². The largest absolute Gasteiger partial charge is 0.436 e. The molecule has 7 nitrogen and oxygen atoms in total. The predicted octanol–water partition coefficient (Wildman–Crippen LogP) is 1.23. The molecule has 1 aliphatic heterocycles. The van der Waals surface area contributed by atoms with E-state index in [1.165, 1.54) is 0 Å². The molecule has 3 heterocycles. The van der Waals surface area contributed by atoms with Gasteiger partial charge in [-0.05, 0) is 6.92 Å². The number of aromatic nitrogens is 3. The molecule has 0 radical (unpaired) electrons. The lowest BCUT2D eigenvalue weighted by Crippen LogP contribution is -2.49. The van der Waals surface area contributed by atoms with E-state index in [4.69, 9.17) is 4.42 Å². The second-order valence-electron chi connectivity index (χ2n) is 5.26. The van der Waals surface area contributed by atoms with Crippen LogP contribution in [-0.4, -0.2) is 45.0 Å². The number of aryl methyl sites for hydroxylation is 3. The Kier molecular flexibility index (Phi) is 4.87. The van der Waals surface area contributed by atoms with Gasteiger partial charge in [0.15, 0.2) is 5.89 Å². The Hall–Kier alpha value is -1.86. The second-order valence-corrected chi connectivity index (χ2v) is 5.26. The Morgan fingerprint density at radius 1 is 1.45 bits per heavy atom. The second kappa shape index (κ2) is 6.50. The molecule has 1 atom stereocenters. The van der Waals surface area contributed by atoms with E-state index < -0.39 is 0 Å². The predicted molar refractivity (Wildman–Crippen MR) is 83.1 cm³/mol. The topological polar surface area (TPSA) is 76.2 Å². The maximum atomic E-state index is 12.8. The van der Waals surface area contributed by atoms with Crippen molar-refractivity contribution in [3.05, 3.63) is 35.6 Å². The average Bonchev–Trinajstić information content (AvgIpc) is 3.03. The van der Waals surface area contributed by atoms with Gasteiger partial charge in [0, 0.05) is 46.0 Å². The van der Waals surface area contributed by atoms with Crippen LogP contribution in [0.3, 0.4) is 0 Å². The van der Waals surface area contributed by atoms with Crippen LogP contribution < -0.4 is 5.32 Å². The van der Waals surface area contributed by atoms with Crippen LogP contribution in [0, 0.1) is 13.8 Å². The number of amides is 1. The van der Waals surface area contributed by atoms with Crippen molar-refractivity contribution < 1.29 is 9.21 Å². The van der Waals surface area contributed by atoms with Gasteiger partial charge in [-0.25, -0.2) is 9.97 Å². The third-order valence-corrected chi connectivity index (χ3v) is 3.76. The molecule has 120 valence electrons. The fraction of sp³-hybridized carbons (Fsp3) is 0.500. The maximum Gasteiger partial charge on any atom is 0.292 e. The molecule has 0 aliphatic carbocycles. The Morgan fingerprint density at radius 3 is 2.82 bits per heavy atom. The summed E-state index contributed by atoms with van der Waals surface area (Å²) in [5.74, 6) is 1.58. The molecule has 1 N–H and O–H groups in total. The van der Waals surface area contributed by atoms with Crippen molar-refractivity contribution in [2.75, 3.05) is 19.6 Å². The molecular formula is C14H20ClN5O2. The highest BCUT2D eigenvalue weighted by Gasteiger charge is 2.33. The first-order valence-electron chi connectivity index (χ1n) is 7.01. The fourth-order valence-corrected chi connectivity index (χ4v) is 2.74. The van der Waals surface area contributed by atoms with Crippen LogP contribution in [0.25, 0.3) is 0 Å². The third-order valence-electron chi connectivity index (χ3n) is 3.76. The highest BCUT2D eigenvalue weighted by Crippen LogP contribution is 2.24. The van der Waals surface area contributed by atoms with Crippen molar-refractivity contribution in [2.24, 2.45) is 7.05 Å². The first kappa shape index (κ1) is 16.5. The normalized spacial score (nSPS) is 18.1. The molecule has 0 aromatic carbocycles. The quantitative estimate of drug-likeness (QED) is 0.899. The number of hydrogen-bond donors (Lipinski definition) is 1. The van der Waals surface area contributed by atoms with E-state index in [1.807, 2.05) is 22.7 Å². The number of carbonyl (C=O) groups is 1. The minimum Gasteiger partial charge on any atom is -0.436 e. The molecule has 0 spiro atoms. The Labute approximate surface area is 135 Å². The summed E-state index contributed by atoms with van der Waals surface area (Å²) in [6, 6.07) is -0.101. The minimum absolute atomic E-state index is 0. The SMILES string of the molecule is Cc1nc(C)c(C(=O)N2CCNCC2c2nccn2C)o1.Cl. The summed E-state index contributed by atoms with van der Waals surface area (Å²) in [6.45, 7) is 5.61. The van der Waals surface area contributed by atoms with Crippen molar-refractivity contribution >= 4 is 18.3 Å². The van der Waals surface area contributed by atoms with Crippen LogP contribution >= 0.6 is 12.4 Å². The summed E-state index contributed by atoms with van der Waals surface area (Å²) in [5, 5.41) is 3.31. The van der Waals surface area contributed by atoms with Gasteiger partial charge in [-0.3, -0.25) is 4.79 Å². The zero-order valence-electron chi connectivity index (χ0n) is 12.9. The highest BCUT2D eigenvalue weighted by atomic mass is 35.5. The van der Waals surface area contributed by atoms with Crippen molar-refractivity contribution in [2.45, 2.75) is 19.9 Å². The van der Waals surface area contributed by atoms with E-state index in [-0.39, 0.29) is 24.4 Å². The number of hydrogen-bond acceptors (Lipinski definition) is 5. The van der Waals surface area contributed by atoms with Crippen LogP contribution in [0.2, 0.25) is 0 Å². The fourth-order valence-electron chi connectivity index (χ4n) is 2.74. The summed E-state index contributed by atoms with van der Waals surface area (Å²) in [6.07, 6.45) is 3.63. The van der Waals surface area contributed by atoms with Crippen molar-refractivity contribution in [1.82, 2.24) is 24.8 Å². The van der Waals surface area contributed by atoms with Gasteiger partial charge in [0.05, 0.1) is 5.69 Å². The Morgan fingerprint density at radius 2 is 2.23 bits per heavy atom. The van der Waals surface area contributed by atoms with Crippen molar-refractivity contribution in [1.29, 1.82) is 0 Å². The van der Waals surface area contributed by atoms with Crippen LogP contribution in [0.5, 0.6) is 0 Å². The number of oxazole rings is 1. The first-order chi connectivity index (χ1) is 10.1. The number of piperazine rings is 1. The summed E-state index contributed by atoms with van der Waals surface area (Å²) in [4.78, 5) is 23.1. The third kappa shape index (κ3) is 2.86. The molecule has 1 aliphatic rings. The molecule has 1 fully saturated rings. The van der Waals surface area contributed by atoms with Crippen LogP contribution in [-0.2, 0) is 7.05 Å². The molecule has 0 saturated carbocycles. The highest BCUT2D eigenvalue weighted by molar-refractivity contribution is 5.92. The molecule has 1 unspecified atom stereocenters. The monoisotopic (exact) mass is 325 g/mol.